The number of rotatable bonds is 7. The highest BCUT2D eigenvalue weighted by molar-refractivity contribution is 5.86. The van der Waals surface area contributed by atoms with Gasteiger partial charge in [0.15, 0.2) is 0 Å². The molecule has 1 fully saturated rings. The lowest BCUT2D eigenvalue weighted by Crippen LogP contribution is -2.43. The summed E-state index contributed by atoms with van der Waals surface area (Å²) in [5, 5.41) is 12.4. The van der Waals surface area contributed by atoms with Gasteiger partial charge in [0.2, 0.25) is 5.91 Å². The fraction of sp³-hybridized carbons (Fsp3) is 0.333. The maximum absolute atomic E-state index is 13.3. The fourth-order valence-corrected chi connectivity index (χ4v) is 3.40. The third-order valence-corrected chi connectivity index (χ3v) is 5.22. The number of nitrogens with one attached hydrogen (secondary N) is 1. The molecule has 1 amide bonds. The molecule has 0 heterocycles. The first-order valence-corrected chi connectivity index (χ1v) is 8.86. The molecule has 0 radical (unpaired) electrons. The Bertz CT molecular complexity index is 813. The van der Waals surface area contributed by atoms with Crippen molar-refractivity contribution in [3.05, 3.63) is 65.5 Å². The molecule has 2 aromatic carbocycles. The van der Waals surface area contributed by atoms with Gasteiger partial charge in [0.1, 0.15) is 11.6 Å². The predicted molar refractivity (Wildman–Crippen MR) is 97.9 cm³/mol. The first kappa shape index (κ1) is 18.9. The molecule has 142 valence electrons. The first-order valence-electron chi connectivity index (χ1n) is 8.86. The number of ether oxygens (including phenoxy) is 1. The lowest BCUT2D eigenvalue weighted by Gasteiger charge is -2.37. The topological polar surface area (TPSA) is 75.6 Å². The second kappa shape index (κ2) is 7.78. The third-order valence-electron chi connectivity index (χ3n) is 5.22. The summed E-state index contributed by atoms with van der Waals surface area (Å²) >= 11 is 0. The monoisotopic (exact) mass is 371 g/mol. The standard InChI is InChI=1S/C21H22FNO4/c1-27-17-9-5-15(6-10-17)19(14-3-7-16(22)8-4-14)23-18(24)13-21(20(25)26)11-2-12-21/h3-10,19H,2,11-13H2,1H3,(H,23,24)(H,25,26). The van der Waals surface area contributed by atoms with Crippen LogP contribution in [0.1, 0.15) is 42.9 Å². The van der Waals surface area contributed by atoms with Crippen molar-refractivity contribution in [3.8, 4) is 5.75 Å². The zero-order valence-corrected chi connectivity index (χ0v) is 15.1. The molecule has 0 aliphatic heterocycles. The lowest BCUT2D eigenvalue weighted by atomic mass is 9.66. The number of carbonyl (C=O) groups is 2. The fourth-order valence-electron chi connectivity index (χ4n) is 3.40. The van der Waals surface area contributed by atoms with Crippen LogP contribution in [0.3, 0.4) is 0 Å². The number of carboxylic acids is 1. The van der Waals surface area contributed by atoms with E-state index in [0.29, 0.717) is 24.2 Å². The molecule has 0 saturated heterocycles. The van der Waals surface area contributed by atoms with Gasteiger partial charge in [-0.15, -0.1) is 0 Å². The number of hydrogen-bond donors (Lipinski definition) is 2. The summed E-state index contributed by atoms with van der Waals surface area (Å²) in [4.78, 5) is 24.2. The second-order valence-electron chi connectivity index (χ2n) is 6.94. The number of carboxylic acid groups (broad SMARTS) is 1. The summed E-state index contributed by atoms with van der Waals surface area (Å²) in [5.41, 5.74) is 0.554. The molecule has 2 aromatic rings. The molecule has 5 nitrogen and oxygen atoms in total. The van der Waals surface area contributed by atoms with Crippen molar-refractivity contribution in [1.82, 2.24) is 5.32 Å². The van der Waals surface area contributed by atoms with Gasteiger partial charge < -0.3 is 15.2 Å². The van der Waals surface area contributed by atoms with Crippen LogP contribution in [0, 0.1) is 11.2 Å². The van der Waals surface area contributed by atoms with E-state index in [0.717, 1.165) is 12.0 Å². The quantitative estimate of drug-likeness (QED) is 0.778. The van der Waals surface area contributed by atoms with Gasteiger partial charge in [-0.1, -0.05) is 30.7 Å². The Morgan fingerprint density at radius 1 is 1.11 bits per heavy atom. The second-order valence-corrected chi connectivity index (χ2v) is 6.94. The van der Waals surface area contributed by atoms with Crippen molar-refractivity contribution < 1.29 is 23.8 Å². The summed E-state index contributed by atoms with van der Waals surface area (Å²) in [6, 6.07) is 12.6. The molecule has 2 N–H and O–H groups in total. The number of methoxy groups -OCH3 is 1. The number of amides is 1. The number of benzene rings is 2. The summed E-state index contributed by atoms with van der Waals surface area (Å²) in [5.74, 6) is -0.936. The van der Waals surface area contributed by atoms with Crippen molar-refractivity contribution in [1.29, 1.82) is 0 Å². The molecule has 1 atom stereocenters. The largest absolute Gasteiger partial charge is 0.497 e. The summed E-state index contributed by atoms with van der Waals surface area (Å²) in [7, 11) is 1.57. The van der Waals surface area contributed by atoms with Crippen LogP contribution >= 0.6 is 0 Å². The maximum Gasteiger partial charge on any atom is 0.310 e. The van der Waals surface area contributed by atoms with E-state index < -0.39 is 17.4 Å². The average molecular weight is 371 g/mol. The average Bonchev–Trinajstić information content (AvgIpc) is 2.63. The SMILES string of the molecule is COc1ccc(C(NC(=O)CC2(C(=O)O)CCC2)c2ccc(F)cc2)cc1. The summed E-state index contributed by atoms with van der Waals surface area (Å²) in [6.45, 7) is 0. The van der Waals surface area contributed by atoms with E-state index in [2.05, 4.69) is 5.32 Å². The zero-order valence-electron chi connectivity index (χ0n) is 15.1. The molecule has 0 spiro atoms. The Morgan fingerprint density at radius 3 is 2.11 bits per heavy atom. The van der Waals surface area contributed by atoms with Gasteiger partial charge in [-0.05, 0) is 48.2 Å². The van der Waals surface area contributed by atoms with E-state index >= 15 is 0 Å². The van der Waals surface area contributed by atoms with Crippen LogP contribution in [0.5, 0.6) is 5.75 Å². The molecular weight excluding hydrogens is 349 g/mol. The lowest BCUT2D eigenvalue weighted by molar-refractivity contribution is -0.157. The minimum absolute atomic E-state index is 0.0593. The van der Waals surface area contributed by atoms with E-state index in [4.69, 9.17) is 4.74 Å². The van der Waals surface area contributed by atoms with E-state index in [1.807, 2.05) is 12.1 Å². The van der Waals surface area contributed by atoms with E-state index in [1.54, 1.807) is 31.4 Å². The number of carbonyl (C=O) groups excluding carboxylic acids is 1. The molecule has 27 heavy (non-hydrogen) atoms. The summed E-state index contributed by atoms with van der Waals surface area (Å²) in [6.07, 6.45) is 1.79. The van der Waals surface area contributed by atoms with Gasteiger partial charge in [0, 0.05) is 6.42 Å². The van der Waals surface area contributed by atoms with Gasteiger partial charge in [-0.25, -0.2) is 4.39 Å². The van der Waals surface area contributed by atoms with E-state index in [9.17, 15) is 19.1 Å². The van der Waals surface area contributed by atoms with E-state index in [-0.39, 0.29) is 18.1 Å². The first-order chi connectivity index (χ1) is 12.9. The zero-order chi connectivity index (χ0) is 19.4. The normalized spacial score (nSPS) is 16.1. The minimum atomic E-state index is -0.961. The Morgan fingerprint density at radius 2 is 1.67 bits per heavy atom. The van der Waals surface area contributed by atoms with Crippen LogP contribution in [0.2, 0.25) is 0 Å². The van der Waals surface area contributed by atoms with Crippen molar-refractivity contribution in [2.45, 2.75) is 31.7 Å². The molecule has 1 unspecified atom stereocenters. The van der Waals surface area contributed by atoms with Crippen molar-refractivity contribution in [3.63, 3.8) is 0 Å². The van der Waals surface area contributed by atoms with Crippen LogP contribution in [0.15, 0.2) is 48.5 Å². The van der Waals surface area contributed by atoms with Crippen LogP contribution in [-0.4, -0.2) is 24.1 Å². The van der Waals surface area contributed by atoms with Gasteiger partial charge in [-0.3, -0.25) is 9.59 Å². The minimum Gasteiger partial charge on any atom is -0.497 e. The summed E-state index contributed by atoms with van der Waals surface area (Å²) < 4.78 is 18.5. The molecule has 0 aromatic heterocycles. The Kier molecular flexibility index (Phi) is 5.44. The van der Waals surface area contributed by atoms with E-state index in [1.165, 1.54) is 12.1 Å². The number of halogens is 1. The smallest absolute Gasteiger partial charge is 0.310 e. The molecule has 6 heteroatoms. The Labute approximate surface area is 157 Å². The van der Waals surface area contributed by atoms with Gasteiger partial charge in [0.25, 0.3) is 0 Å². The number of hydrogen-bond acceptors (Lipinski definition) is 3. The highest BCUT2D eigenvalue weighted by Crippen LogP contribution is 2.44. The highest BCUT2D eigenvalue weighted by Gasteiger charge is 2.46. The van der Waals surface area contributed by atoms with Crippen molar-refractivity contribution in [2.24, 2.45) is 5.41 Å². The van der Waals surface area contributed by atoms with Crippen molar-refractivity contribution in [2.75, 3.05) is 7.11 Å². The molecule has 0 bridgehead atoms. The Hall–Kier alpha value is -2.89. The number of aliphatic carboxylic acids is 1. The molecule has 1 aliphatic carbocycles. The Balaban J connectivity index is 1.84. The van der Waals surface area contributed by atoms with Crippen LogP contribution in [0.4, 0.5) is 4.39 Å². The molecular formula is C21H22FNO4. The van der Waals surface area contributed by atoms with Crippen LogP contribution in [-0.2, 0) is 9.59 Å². The van der Waals surface area contributed by atoms with Crippen molar-refractivity contribution >= 4 is 11.9 Å². The molecule has 1 saturated carbocycles. The highest BCUT2D eigenvalue weighted by atomic mass is 19.1. The maximum atomic E-state index is 13.3. The third kappa shape index (κ3) is 4.10. The van der Waals surface area contributed by atoms with Gasteiger partial charge >= 0.3 is 5.97 Å². The predicted octanol–water partition coefficient (Wildman–Crippen LogP) is 3.68. The van der Waals surface area contributed by atoms with Gasteiger partial charge in [-0.2, -0.15) is 0 Å². The molecule has 3 rings (SSSR count). The molecule has 1 aliphatic rings. The van der Waals surface area contributed by atoms with Crippen LogP contribution < -0.4 is 10.1 Å². The van der Waals surface area contributed by atoms with Crippen LogP contribution in [0.25, 0.3) is 0 Å². The van der Waals surface area contributed by atoms with Gasteiger partial charge in [0.05, 0.1) is 18.6 Å².